The van der Waals surface area contributed by atoms with Crippen LogP contribution in [0.4, 0.5) is 5.82 Å². The molecular formula is C20H20N4O5S. The number of ether oxygens (including phenoxy) is 2. The molecule has 4 rings (SSSR count). The van der Waals surface area contributed by atoms with Crippen molar-refractivity contribution in [3.05, 3.63) is 59.9 Å². The second-order valence-corrected chi connectivity index (χ2v) is 8.60. The van der Waals surface area contributed by atoms with Gasteiger partial charge in [-0.05, 0) is 36.4 Å². The van der Waals surface area contributed by atoms with E-state index >= 15 is 0 Å². The van der Waals surface area contributed by atoms with Gasteiger partial charge < -0.3 is 15.2 Å². The number of aromatic nitrogens is 2. The minimum absolute atomic E-state index is 0.117. The molecule has 2 N–H and O–H groups in total. The van der Waals surface area contributed by atoms with Crippen LogP contribution in [0.5, 0.6) is 0 Å². The first-order valence-corrected chi connectivity index (χ1v) is 10.8. The van der Waals surface area contributed by atoms with Crippen LogP contribution in [0.15, 0.2) is 53.4 Å². The predicted octanol–water partition coefficient (Wildman–Crippen LogP) is 1.59. The minimum atomic E-state index is -3.62. The number of anilines is 1. The Balaban J connectivity index is 1.44. The molecule has 156 valence electrons. The first-order chi connectivity index (χ1) is 14.4. The van der Waals surface area contributed by atoms with Crippen molar-refractivity contribution in [1.29, 1.82) is 0 Å². The van der Waals surface area contributed by atoms with E-state index in [1.54, 1.807) is 6.07 Å². The number of nitrogen functional groups attached to an aromatic ring is 1. The van der Waals surface area contributed by atoms with Gasteiger partial charge in [0.15, 0.2) is 12.4 Å². The first-order valence-electron chi connectivity index (χ1n) is 9.31. The quantitative estimate of drug-likeness (QED) is 0.608. The average Bonchev–Trinajstić information content (AvgIpc) is 2.78. The molecule has 0 spiro atoms. The topological polar surface area (TPSA) is 125 Å². The van der Waals surface area contributed by atoms with Crippen LogP contribution in [0.3, 0.4) is 0 Å². The highest BCUT2D eigenvalue weighted by atomic mass is 32.2. The second-order valence-electron chi connectivity index (χ2n) is 6.66. The number of sulfonamides is 1. The minimum Gasteiger partial charge on any atom is -0.454 e. The van der Waals surface area contributed by atoms with E-state index in [2.05, 4.69) is 9.97 Å². The van der Waals surface area contributed by atoms with Gasteiger partial charge in [-0.25, -0.2) is 23.2 Å². The van der Waals surface area contributed by atoms with E-state index in [4.69, 9.17) is 15.2 Å². The zero-order valence-corrected chi connectivity index (χ0v) is 16.8. The van der Waals surface area contributed by atoms with E-state index in [0.29, 0.717) is 37.6 Å². The van der Waals surface area contributed by atoms with Crippen molar-refractivity contribution in [3.63, 3.8) is 0 Å². The Bertz CT molecular complexity index is 1180. The van der Waals surface area contributed by atoms with Crippen LogP contribution in [-0.2, 0) is 26.1 Å². The van der Waals surface area contributed by atoms with Gasteiger partial charge in [0.2, 0.25) is 10.0 Å². The van der Waals surface area contributed by atoms with Crippen molar-refractivity contribution in [1.82, 2.24) is 14.3 Å². The third-order valence-corrected chi connectivity index (χ3v) is 6.62. The standard InChI is InChI=1S/C20H20N4O5S/c21-19-16-3-1-2-4-17(16)22-18(23-19)13-29-20(25)14-5-7-15(8-6-14)30(26,27)24-9-11-28-12-10-24/h1-8H,9-13H2,(H2,21,22,23). The Hall–Kier alpha value is -3.08. The lowest BCUT2D eigenvalue weighted by atomic mass is 10.2. The Kier molecular flexibility index (Phi) is 5.62. The van der Waals surface area contributed by atoms with Gasteiger partial charge in [-0.15, -0.1) is 0 Å². The molecule has 0 amide bonds. The lowest BCUT2D eigenvalue weighted by Crippen LogP contribution is -2.40. The summed E-state index contributed by atoms with van der Waals surface area (Å²) in [6.07, 6.45) is 0. The van der Waals surface area contributed by atoms with E-state index in [1.165, 1.54) is 28.6 Å². The molecule has 2 aromatic carbocycles. The van der Waals surface area contributed by atoms with E-state index in [-0.39, 0.29) is 22.9 Å². The fourth-order valence-electron chi connectivity index (χ4n) is 3.13. The SMILES string of the molecule is Nc1nc(COC(=O)c2ccc(S(=O)(=O)N3CCOCC3)cc2)nc2ccccc12. The normalized spacial score (nSPS) is 15.2. The zero-order valence-electron chi connectivity index (χ0n) is 16.0. The summed E-state index contributed by atoms with van der Waals surface area (Å²) in [5.41, 5.74) is 6.82. The van der Waals surface area contributed by atoms with Gasteiger partial charge in [0.05, 0.1) is 29.2 Å². The molecular weight excluding hydrogens is 408 g/mol. The fraction of sp³-hybridized carbons (Fsp3) is 0.250. The van der Waals surface area contributed by atoms with Crippen LogP contribution in [-0.4, -0.2) is 55.0 Å². The number of fused-ring (bicyclic) bond motifs is 1. The molecule has 0 saturated carbocycles. The van der Waals surface area contributed by atoms with Gasteiger partial charge in [0.1, 0.15) is 5.82 Å². The lowest BCUT2D eigenvalue weighted by Gasteiger charge is -2.26. The fourth-order valence-corrected chi connectivity index (χ4v) is 4.54. The van der Waals surface area contributed by atoms with E-state index in [0.717, 1.165) is 5.39 Å². The number of para-hydroxylation sites is 1. The molecule has 0 unspecified atom stereocenters. The maximum atomic E-state index is 12.6. The van der Waals surface area contributed by atoms with Crippen LogP contribution in [0.25, 0.3) is 10.9 Å². The van der Waals surface area contributed by atoms with Crippen molar-refractivity contribution in [2.75, 3.05) is 32.0 Å². The Morgan fingerprint density at radius 3 is 2.50 bits per heavy atom. The third-order valence-electron chi connectivity index (χ3n) is 4.71. The highest BCUT2D eigenvalue weighted by Crippen LogP contribution is 2.19. The van der Waals surface area contributed by atoms with Gasteiger partial charge in [0.25, 0.3) is 0 Å². The van der Waals surface area contributed by atoms with E-state index in [9.17, 15) is 13.2 Å². The Labute approximate surface area is 173 Å². The second kappa shape index (κ2) is 8.34. The van der Waals surface area contributed by atoms with Crippen molar-refractivity contribution in [3.8, 4) is 0 Å². The third kappa shape index (κ3) is 4.11. The summed E-state index contributed by atoms with van der Waals surface area (Å²) in [5, 5.41) is 0.727. The van der Waals surface area contributed by atoms with Gasteiger partial charge in [-0.3, -0.25) is 0 Å². The monoisotopic (exact) mass is 428 g/mol. The molecule has 9 nitrogen and oxygen atoms in total. The molecule has 1 aromatic heterocycles. The number of rotatable bonds is 5. The number of morpholine rings is 1. The number of esters is 1. The maximum Gasteiger partial charge on any atom is 0.338 e. The van der Waals surface area contributed by atoms with Gasteiger partial charge in [0, 0.05) is 18.5 Å². The molecule has 30 heavy (non-hydrogen) atoms. The summed E-state index contributed by atoms with van der Waals surface area (Å²) in [6, 6.07) is 12.9. The smallest absolute Gasteiger partial charge is 0.338 e. The molecule has 1 aliphatic heterocycles. The van der Waals surface area contributed by atoms with E-state index in [1.807, 2.05) is 18.2 Å². The van der Waals surface area contributed by atoms with Crippen molar-refractivity contribution in [2.45, 2.75) is 11.5 Å². The molecule has 1 fully saturated rings. The molecule has 0 atom stereocenters. The van der Waals surface area contributed by atoms with Crippen LogP contribution in [0, 0.1) is 0 Å². The van der Waals surface area contributed by atoms with Crippen LogP contribution >= 0.6 is 0 Å². The van der Waals surface area contributed by atoms with Crippen molar-refractivity contribution < 1.29 is 22.7 Å². The summed E-state index contributed by atoms with van der Waals surface area (Å²) < 4.78 is 37.1. The summed E-state index contributed by atoms with van der Waals surface area (Å²) in [6.45, 7) is 1.19. The average molecular weight is 428 g/mol. The first kappa shape index (κ1) is 20.2. The van der Waals surface area contributed by atoms with Crippen LogP contribution < -0.4 is 5.73 Å². The molecule has 10 heteroatoms. The van der Waals surface area contributed by atoms with Gasteiger partial charge in [-0.1, -0.05) is 12.1 Å². The van der Waals surface area contributed by atoms with Crippen LogP contribution in [0.1, 0.15) is 16.2 Å². The number of hydrogen-bond acceptors (Lipinski definition) is 8. The summed E-state index contributed by atoms with van der Waals surface area (Å²) in [4.78, 5) is 21.0. The van der Waals surface area contributed by atoms with Crippen molar-refractivity contribution in [2.24, 2.45) is 0 Å². The predicted molar refractivity (Wildman–Crippen MR) is 109 cm³/mol. The summed E-state index contributed by atoms with van der Waals surface area (Å²) in [7, 11) is -3.62. The molecule has 0 aliphatic carbocycles. The molecule has 2 heterocycles. The lowest BCUT2D eigenvalue weighted by molar-refractivity contribution is 0.0462. The molecule has 0 bridgehead atoms. The molecule has 3 aromatic rings. The number of carbonyl (C=O) groups excluding carboxylic acids is 1. The number of benzene rings is 2. The van der Waals surface area contributed by atoms with E-state index < -0.39 is 16.0 Å². The van der Waals surface area contributed by atoms with Crippen molar-refractivity contribution >= 4 is 32.7 Å². The highest BCUT2D eigenvalue weighted by molar-refractivity contribution is 7.89. The Morgan fingerprint density at radius 1 is 1.07 bits per heavy atom. The highest BCUT2D eigenvalue weighted by Gasteiger charge is 2.26. The summed E-state index contributed by atoms with van der Waals surface area (Å²) in [5.74, 6) is -0.0176. The Morgan fingerprint density at radius 2 is 1.77 bits per heavy atom. The number of hydrogen-bond donors (Lipinski definition) is 1. The number of nitrogens with two attached hydrogens (primary N) is 1. The van der Waals surface area contributed by atoms with Gasteiger partial charge >= 0.3 is 5.97 Å². The molecule has 0 radical (unpaired) electrons. The summed E-state index contributed by atoms with van der Waals surface area (Å²) >= 11 is 0. The largest absolute Gasteiger partial charge is 0.454 e. The zero-order chi connectivity index (χ0) is 21.1. The van der Waals surface area contributed by atoms with Gasteiger partial charge in [-0.2, -0.15) is 4.31 Å². The molecule has 1 saturated heterocycles. The molecule has 1 aliphatic rings. The number of carbonyl (C=O) groups is 1. The van der Waals surface area contributed by atoms with Crippen LogP contribution in [0.2, 0.25) is 0 Å². The number of nitrogens with zero attached hydrogens (tertiary/aromatic N) is 3. The maximum absolute atomic E-state index is 12.6.